The highest BCUT2D eigenvalue weighted by atomic mass is 127. The Labute approximate surface area is 187 Å². The molecule has 1 saturated heterocycles. The van der Waals surface area contributed by atoms with Gasteiger partial charge in [-0.15, -0.1) is 0 Å². The zero-order valence-corrected chi connectivity index (χ0v) is 19.9. The number of unbranched alkanes of at least 4 members (excludes halogenated alkanes) is 3. The van der Waals surface area contributed by atoms with Gasteiger partial charge in [-0.2, -0.15) is 0 Å². The molecule has 2 aliphatic rings. The van der Waals surface area contributed by atoms with Crippen LogP contribution in [0, 0.1) is 0 Å². The van der Waals surface area contributed by atoms with Gasteiger partial charge < -0.3 is 37.9 Å². The molecular weight excluding hydrogens is 465 g/mol. The van der Waals surface area contributed by atoms with Crippen LogP contribution in [0.3, 0.4) is 0 Å². The molecule has 0 spiro atoms. The van der Waals surface area contributed by atoms with E-state index in [0.717, 1.165) is 42.3 Å². The van der Waals surface area contributed by atoms with E-state index in [1.165, 1.54) is 38.6 Å². The quantitative estimate of drug-likeness (QED) is 0.181. The number of piperidine rings is 1. The molecule has 158 valence electrons. The number of carbonyl (C=O) groups is 1. The summed E-state index contributed by atoms with van der Waals surface area (Å²) in [6.45, 7) is 6.78. The van der Waals surface area contributed by atoms with Gasteiger partial charge in [0.05, 0.1) is 20.1 Å². The van der Waals surface area contributed by atoms with Crippen molar-refractivity contribution in [3.63, 3.8) is 0 Å². The summed E-state index contributed by atoms with van der Waals surface area (Å²) in [5.41, 5.74) is 0.534. The fourth-order valence-electron chi connectivity index (χ4n) is 5.21. The van der Waals surface area contributed by atoms with Crippen LogP contribution in [0.25, 0.3) is 0 Å². The Morgan fingerprint density at radius 3 is 2.68 bits per heavy atom. The van der Waals surface area contributed by atoms with Gasteiger partial charge in [0.15, 0.2) is 5.60 Å². The lowest BCUT2D eigenvalue weighted by atomic mass is 9.76. The minimum absolute atomic E-state index is 0. The number of likely N-dealkylation sites (N-methyl/N-ethyl adjacent to an activating group) is 1. The average molecular weight is 501 g/mol. The standard InChI is InChI=1S/C23H36NO3.HI/c1-4-6-9-16-24(3)17-10-8-14-21(24)23(15-7-5-2)19-12-11-13-20(18-19)26-22(25)27-23;/h11-13,18,21H,4-10,14-17H2,1-3H3;1H/q+1;/p-1. The Balaban J connectivity index is 0.00000280. The predicted octanol–water partition coefficient (Wildman–Crippen LogP) is 2.79. The first-order chi connectivity index (χ1) is 13.0. The van der Waals surface area contributed by atoms with Gasteiger partial charge in [-0.25, -0.2) is 4.79 Å². The summed E-state index contributed by atoms with van der Waals surface area (Å²) in [4.78, 5) is 12.6. The number of carbonyl (C=O) groups excluding carboxylic acids is 1. The third-order valence-corrected chi connectivity index (χ3v) is 6.65. The number of cyclic esters (lactones) is 1. The molecule has 28 heavy (non-hydrogen) atoms. The maximum absolute atomic E-state index is 12.6. The van der Waals surface area contributed by atoms with E-state index < -0.39 is 11.8 Å². The van der Waals surface area contributed by atoms with Gasteiger partial charge in [-0.1, -0.05) is 38.8 Å². The van der Waals surface area contributed by atoms with Crippen LogP contribution in [-0.4, -0.2) is 36.8 Å². The Kier molecular flexibility index (Phi) is 8.61. The van der Waals surface area contributed by atoms with Crippen molar-refractivity contribution < 1.29 is 42.7 Å². The van der Waals surface area contributed by atoms with Crippen molar-refractivity contribution in [3.05, 3.63) is 29.8 Å². The van der Waals surface area contributed by atoms with Crippen LogP contribution in [0.5, 0.6) is 5.75 Å². The monoisotopic (exact) mass is 501 g/mol. The van der Waals surface area contributed by atoms with Gasteiger partial charge in [0.1, 0.15) is 11.8 Å². The molecule has 0 saturated carbocycles. The number of halogens is 1. The molecule has 2 bridgehead atoms. The Morgan fingerprint density at radius 1 is 1.14 bits per heavy atom. The maximum atomic E-state index is 12.6. The van der Waals surface area contributed by atoms with Crippen molar-refractivity contribution in [2.24, 2.45) is 0 Å². The number of quaternary nitrogens is 1. The molecule has 0 N–H and O–H groups in total. The molecule has 0 amide bonds. The molecule has 2 heterocycles. The largest absolute Gasteiger partial charge is 1.00 e. The minimum atomic E-state index is -0.582. The van der Waals surface area contributed by atoms with E-state index >= 15 is 0 Å². The van der Waals surface area contributed by atoms with Crippen LogP contribution in [0.1, 0.15) is 77.2 Å². The molecule has 3 atom stereocenters. The highest BCUT2D eigenvalue weighted by molar-refractivity contribution is 5.66. The van der Waals surface area contributed by atoms with Gasteiger partial charge in [-0.3, -0.25) is 0 Å². The summed E-state index contributed by atoms with van der Waals surface area (Å²) in [7, 11) is 2.39. The second-order valence-corrected chi connectivity index (χ2v) is 8.62. The van der Waals surface area contributed by atoms with Gasteiger partial charge in [0.25, 0.3) is 0 Å². The molecule has 3 unspecified atom stereocenters. The lowest BCUT2D eigenvalue weighted by molar-refractivity contribution is -0.946. The first-order valence-corrected chi connectivity index (χ1v) is 10.9. The molecule has 2 aliphatic heterocycles. The summed E-state index contributed by atoms with van der Waals surface area (Å²) in [5.74, 6) is 0.604. The zero-order valence-electron chi connectivity index (χ0n) is 17.7. The fourth-order valence-corrected chi connectivity index (χ4v) is 5.21. The van der Waals surface area contributed by atoms with E-state index in [1.807, 2.05) is 18.2 Å². The highest BCUT2D eigenvalue weighted by Crippen LogP contribution is 2.46. The van der Waals surface area contributed by atoms with Crippen molar-refractivity contribution in [3.8, 4) is 5.75 Å². The summed E-state index contributed by atoms with van der Waals surface area (Å²) in [5, 5.41) is 0. The Bertz CT molecular complexity index is 652. The molecule has 1 aromatic rings. The van der Waals surface area contributed by atoms with Crippen molar-refractivity contribution in [1.82, 2.24) is 0 Å². The SMILES string of the molecule is CCCCC[N+]1(C)CCCCC1C1(CCCC)OC(=O)Oc2cccc1c2.[I-]. The smallest absolute Gasteiger partial charge is 0.514 e. The third-order valence-electron chi connectivity index (χ3n) is 6.65. The number of likely N-dealkylation sites (tertiary alicyclic amines) is 1. The number of hydrogen-bond acceptors (Lipinski definition) is 3. The van der Waals surface area contributed by atoms with Gasteiger partial charge >= 0.3 is 6.16 Å². The van der Waals surface area contributed by atoms with Crippen LogP contribution in [0.4, 0.5) is 4.79 Å². The second kappa shape index (κ2) is 10.3. The lowest BCUT2D eigenvalue weighted by Crippen LogP contribution is -3.00. The summed E-state index contributed by atoms with van der Waals surface area (Å²) in [6.07, 6.45) is 9.76. The molecule has 3 rings (SSSR count). The van der Waals surface area contributed by atoms with E-state index in [0.29, 0.717) is 5.75 Å². The van der Waals surface area contributed by atoms with Crippen molar-refractivity contribution in [2.75, 3.05) is 20.1 Å². The van der Waals surface area contributed by atoms with Gasteiger partial charge in [0, 0.05) is 12.0 Å². The van der Waals surface area contributed by atoms with Crippen LogP contribution in [0.15, 0.2) is 24.3 Å². The molecule has 5 heteroatoms. The fraction of sp³-hybridized carbons (Fsp3) is 0.696. The Hall–Kier alpha value is -0.820. The number of benzene rings is 1. The maximum Gasteiger partial charge on any atom is 0.514 e. The first kappa shape index (κ1) is 23.5. The highest BCUT2D eigenvalue weighted by Gasteiger charge is 2.55. The lowest BCUT2D eigenvalue weighted by Gasteiger charge is -2.52. The van der Waals surface area contributed by atoms with Crippen LogP contribution in [-0.2, 0) is 10.3 Å². The first-order valence-electron chi connectivity index (χ1n) is 10.9. The van der Waals surface area contributed by atoms with E-state index in [1.54, 1.807) is 0 Å². The molecule has 0 aliphatic carbocycles. The molecule has 0 radical (unpaired) electrons. The summed E-state index contributed by atoms with van der Waals surface area (Å²) in [6, 6.07) is 8.29. The third kappa shape index (κ3) is 4.84. The number of rotatable bonds is 8. The summed E-state index contributed by atoms with van der Waals surface area (Å²) >= 11 is 0. The molecule has 1 fully saturated rings. The van der Waals surface area contributed by atoms with Gasteiger partial charge in [0.2, 0.25) is 0 Å². The second-order valence-electron chi connectivity index (χ2n) is 8.62. The van der Waals surface area contributed by atoms with Crippen molar-refractivity contribution in [2.45, 2.75) is 83.3 Å². The normalized spacial score (nSPS) is 29.2. The number of fused-ring (bicyclic) bond motifs is 2. The number of nitrogens with zero attached hydrogens (tertiary/aromatic N) is 1. The van der Waals surface area contributed by atoms with E-state index in [2.05, 4.69) is 27.0 Å². The van der Waals surface area contributed by atoms with E-state index in [-0.39, 0.29) is 30.0 Å². The van der Waals surface area contributed by atoms with Crippen LogP contribution >= 0.6 is 0 Å². The van der Waals surface area contributed by atoms with Crippen LogP contribution < -0.4 is 28.7 Å². The number of ether oxygens (including phenoxy) is 2. The number of hydrogen-bond donors (Lipinski definition) is 0. The van der Waals surface area contributed by atoms with Crippen molar-refractivity contribution in [1.29, 1.82) is 0 Å². The van der Waals surface area contributed by atoms with Crippen LogP contribution in [0.2, 0.25) is 0 Å². The molecule has 1 aromatic carbocycles. The van der Waals surface area contributed by atoms with Crippen molar-refractivity contribution >= 4 is 6.16 Å². The topological polar surface area (TPSA) is 35.5 Å². The van der Waals surface area contributed by atoms with E-state index in [9.17, 15) is 4.79 Å². The zero-order chi connectivity index (χ0) is 19.3. The van der Waals surface area contributed by atoms with E-state index in [4.69, 9.17) is 9.47 Å². The molecular formula is C23H36INO3. The Morgan fingerprint density at radius 2 is 1.93 bits per heavy atom. The molecule has 0 aromatic heterocycles. The molecule has 4 nitrogen and oxygen atoms in total. The summed E-state index contributed by atoms with van der Waals surface area (Å²) < 4.78 is 12.7. The minimum Gasteiger partial charge on any atom is -1.00 e. The van der Waals surface area contributed by atoms with Gasteiger partial charge in [-0.05, 0) is 50.7 Å². The average Bonchev–Trinajstić information content (AvgIpc) is 2.74. The predicted molar refractivity (Wildman–Crippen MR) is 108 cm³/mol.